The molecule has 1 N–H and O–H groups in total. The molecule has 1 fully saturated rings. The first kappa shape index (κ1) is 17.9. The normalized spacial score (nSPS) is 15.3. The summed E-state index contributed by atoms with van der Waals surface area (Å²) in [4.78, 5) is 14.6. The fourth-order valence-electron chi connectivity index (χ4n) is 3.22. The number of anilines is 1. The standard InChI is InChI=1S/C18H15ClF3N5/c19-14-8-12-15(25-10-26-17(12)27-6-4-23-5-7-27)9-11(14)16-13(18(20,21)22)2-1-3-24-16/h1-3,8-10,23H,4-7H2. The first-order valence-electron chi connectivity index (χ1n) is 8.37. The zero-order chi connectivity index (χ0) is 19.0. The fourth-order valence-corrected chi connectivity index (χ4v) is 3.47. The molecule has 1 aliphatic rings. The summed E-state index contributed by atoms with van der Waals surface area (Å²) in [5, 5.41) is 4.15. The summed E-state index contributed by atoms with van der Waals surface area (Å²) >= 11 is 6.38. The maximum Gasteiger partial charge on any atom is 0.418 e. The Kier molecular flexibility index (Phi) is 4.61. The third-order valence-corrected chi connectivity index (χ3v) is 4.80. The third kappa shape index (κ3) is 3.42. The lowest BCUT2D eigenvalue weighted by Gasteiger charge is -2.29. The highest BCUT2D eigenvalue weighted by Gasteiger charge is 2.35. The predicted octanol–water partition coefficient (Wildman–Crippen LogP) is 3.77. The molecule has 4 rings (SSSR count). The van der Waals surface area contributed by atoms with Gasteiger partial charge in [0, 0.05) is 43.3 Å². The molecule has 0 saturated carbocycles. The van der Waals surface area contributed by atoms with Crippen LogP contribution >= 0.6 is 11.6 Å². The van der Waals surface area contributed by atoms with Crippen LogP contribution in [0.3, 0.4) is 0 Å². The molecule has 3 heterocycles. The number of nitrogens with one attached hydrogen (secondary N) is 1. The van der Waals surface area contributed by atoms with E-state index < -0.39 is 11.7 Å². The lowest BCUT2D eigenvalue weighted by atomic mass is 10.0. The zero-order valence-corrected chi connectivity index (χ0v) is 14.8. The van der Waals surface area contributed by atoms with Gasteiger partial charge in [-0.2, -0.15) is 13.2 Å². The number of nitrogens with zero attached hydrogens (tertiary/aromatic N) is 4. The average Bonchev–Trinajstić information content (AvgIpc) is 2.67. The molecule has 0 unspecified atom stereocenters. The van der Waals surface area contributed by atoms with Crippen LogP contribution < -0.4 is 10.2 Å². The van der Waals surface area contributed by atoms with Gasteiger partial charge in [-0.15, -0.1) is 0 Å². The summed E-state index contributed by atoms with van der Waals surface area (Å²) in [7, 11) is 0. The molecular weight excluding hydrogens is 379 g/mol. The van der Waals surface area contributed by atoms with E-state index in [0.29, 0.717) is 10.9 Å². The molecule has 27 heavy (non-hydrogen) atoms. The Hall–Kier alpha value is -2.45. The monoisotopic (exact) mass is 393 g/mol. The van der Waals surface area contributed by atoms with E-state index in [4.69, 9.17) is 11.6 Å². The van der Waals surface area contributed by atoms with Gasteiger partial charge in [0.25, 0.3) is 0 Å². The smallest absolute Gasteiger partial charge is 0.353 e. The number of piperazine rings is 1. The van der Waals surface area contributed by atoms with E-state index in [1.165, 1.54) is 18.6 Å². The number of fused-ring (bicyclic) bond motifs is 1. The van der Waals surface area contributed by atoms with Crippen LogP contribution in [-0.2, 0) is 6.18 Å². The van der Waals surface area contributed by atoms with Gasteiger partial charge in [-0.05, 0) is 24.3 Å². The molecule has 140 valence electrons. The first-order valence-corrected chi connectivity index (χ1v) is 8.75. The van der Waals surface area contributed by atoms with Gasteiger partial charge in [-0.3, -0.25) is 4.98 Å². The summed E-state index contributed by atoms with van der Waals surface area (Å²) < 4.78 is 40.1. The number of rotatable bonds is 2. The molecule has 0 spiro atoms. The van der Waals surface area contributed by atoms with Gasteiger partial charge in [0.1, 0.15) is 12.1 Å². The Labute approximate surface area is 158 Å². The highest BCUT2D eigenvalue weighted by atomic mass is 35.5. The molecule has 0 aliphatic carbocycles. The van der Waals surface area contributed by atoms with E-state index in [9.17, 15) is 13.2 Å². The first-order chi connectivity index (χ1) is 12.9. The molecular formula is C18H15ClF3N5. The molecule has 0 bridgehead atoms. The van der Waals surface area contributed by atoms with Gasteiger partial charge in [-0.1, -0.05) is 11.6 Å². The van der Waals surface area contributed by atoms with Gasteiger partial charge >= 0.3 is 6.18 Å². The second-order valence-corrected chi connectivity index (χ2v) is 6.59. The van der Waals surface area contributed by atoms with Crippen molar-refractivity contribution in [1.29, 1.82) is 0 Å². The number of hydrogen-bond acceptors (Lipinski definition) is 5. The molecule has 9 heteroatoms. The van der Waals surface area contributed by atoms with Crippen LogP contribution in [0.4, 0.5) is 19.0 Å². The summed E-state index contributed by atoms with van der Waals surface area (Å²) in [6.45, 7) is 3.23. The number of aromatic nitrogens is 3. The molecule has 1 aromatic carbocycles. The van der Waals surface area contributed by atoms with Crippen molar-refractivity contribution in [3.8, 4) is 11.3 Å². The molecule has 0 radical (unpaired) electrons. The Balaban J connectivity index is 1.87. The van der Waals surface area contributed by atoms with Gasteiger partial charge in [0.15, 0.2) is 0 Å². The quantitative estimate of drug-likeness (QED) is 0.718. The van der Waals surface area contributed by atoms with Crippen molar-refractivity contribution in [1.82, 2.24) is 20.3 Å². The molecule has 0 amide bonds. The van der Waals surface area contributed by atoms with E-state index in [-0.39, 0.29) is 16.3 Å². The highest BCUT2D eigenvalue weighted by Crippen LogP contribution is 2.40. The summed E-state index contributed by atoms with van der Waals surface area (Å²) in [6.07, 6.45) is -1.79. The lowest BCUT2D eigenvalue weighted by Crippen LogP contribution is -2.44. The SMILES string of the molecule is FC(F)(F)c1cccnc1-c1cc2ncnc(N3CCNCC3)c2cc1Cl. The van der Waals surface area contributed by atoms with Crippen LogP contribution in [0.5, 0.6) is 0 Å². The molecule has 0 atom stereocenters. The van der Waals surface area contributed by atoms with E-state index in [1.807, 2.05) is 0 Å². The molecule has 5 nitrogen and oxygen atoms in total. The van der Waals surface area contributed by atoms with E-state index >= 15 is 0 Å². The Morgan fingerprint density at radius 1 is 1.07 bits per heavy atom. The Morgan fingerprint density at radius 3 is 2.59 bits per heavy atom. The second kappa shape index (κ2) is 6.94. The Morgan fingerprint density at radius 2 is 1.85 bits per heavy atom. The van der Waals surface area contributed by atoms with Crippen LogP contribution in [0.1, 0.15) is 5.56 Å². The number of hydrogen-bond donors (Lipinski definition) is 1. The number of pyridine rings is 1. The van der Waals surface area contributed by atoms with Crippen molar-refractivity contribution in [2.75, 3.05) is 31.1 Å². The molecule has 3 aromatic rings. The van der Waals surface area contributed by atoms with Gasteiger partial charge in [0.05, 0.1) is 21.8 Å². The van der Waals surface area contributed by atoms with Crippen molar-refractivity contribution >= 4 is 28.3 Å². The van der Waals surface area contributed by atoms with Crippen LogP contribution in [0, 0.1) is 0 Å². The lowest BCUT2D eigenvalue weighted by molar-refractivity contribution is -0.137. The Bertz CT molecular complexity index is 986. The van der Waals surface area contributed by atoms with Crippen LogP contribution in [0.25, 0.3) is 22.2 Å². The van der Waals surface area contributed by atoms with Crippen molar-refractivity contribution in [3.05, 3.63) is 47.4 Å². The van der Waals surface area contributed by atoms with Gasteiger partial charge in [0.2, 0.25) is 0 Å². The van der Waals surface area contributed by atoms with Crippen LogP contribution in [0.2, 0.25) is 5.02 Å². The predicted molar refractivity (Wildman–Crippen MR) is 97.9 cm³/mol. The fraction of sp³-hybridized carbons (Fsp3) is 0.278. The zero-order valence-electron chi connectivity index (χ0n) is 14.1. The maximum absolute atomic E-state index is 13.4. The number of halogens is 4. The minimum absolute atomic E-state index is 0.179. The molecule has 1 aliphatic heterocycles. The minimum Gasteiger partial charge on any atom is -0.353 e. The van der Waals surface area contributed by atoms with Crippen molar-refractivity contribution in [2.24, 2.45) is 0 Å². The van der Waals surface area contributed by atoms with Gasteiger partial charge < -0.3 is 10.2 Å². The molecule has 2 aromatic heterocycles. The second-order valence-electron chi connectivity index (χ2n) is 6.18. The van der Waals surface area contributed by atoms with Crippen LogP contribution in [0.15, 0.2) is 36.8 Å². The third-order valence-electron chi connectivity index (χ3n) is 4.49. The summed E-state index contributed by atoms with van der Waals surface area (Å²) in [5.74, 6) is 0.729. The van der Waals surface area contributed by atoms with E-state index in [0.717, 1.165) is 38.1 Å². The minimum atomic E-state index is -4.53. The average molecular weight is 394 g/mol. The molecule has 1 saturated heterocycles. The van der Waals surface area contributed by atoms with Gasteiger partial charge in [-0.25, -0.2) is 9.97 Å². The van der Waals surface area contributed by atoms with Crippen molar-refractivity contribution in [3.63, 3.8) is 0 Å². The summed E-state index contributed by atoms with van der Waals surface area (Å²) in [6, 6.07) is 5.42. The highest BCUT2D eigenvalue weighted by molar-refractivity contribution is 6.34. The largest absolute Gasteiger partial charge is 0.418 e. The van der Waals surface area contributed by atoms with Crippen LogP contribution in [-0.4, -0.2) is 41.1 Å². The van der Waals surface area contributed by atoms with E-state index in [2.05, 4.69) is 25.2 Å². The summed E-state index contributed by atoms with van der Waals surface area (Å²) in [5.41, 5.74) is -0.319. The van der Waals surface area contributed by atoms with E-state index in [1.54, 1.807) is 12.1 Å². The maximum atomic E-state index is 13.4. The topological polar surface area (TPSA) is 53.9 Å². The number of alkyl halides is 3. The number of benzene rings is 1. The van der Waals surface area contributed by atoms with Crippen molar-refractivity contribution < 1.29 is 13.2 Å². The van der Waals surface area contributed by atoms with Crippen molar-refractivity contribution in [2.45, 2.75) is 6.18 Å².